The van der Waals surface area contributed by atoms with Crippen LogP contribution < -0.4 is 0 Å². The van der Waals surface area contributed by atoms with Crippen LogP contribution in [0.5, 0.6) is 0 Å². The predicted octanol–water partition coefficient (Wildman–Crippen LogP) is 6.88. The number of benzene rings is 3. The largest absolute Gasteiger partial charge is 0.417 e. The van der Waals surface area contributed by atoms with Crippen LogP contribution in [-0.2, 0) is 17.5 Å². The Bertz CT molecular complexity index is 1370. The zero-order chi connectivity index (χ0) is 24.1. The molecule has 1 atom stereocenters. The highest BCUT2D eigenvalue weighted by Crippen LogP contribution is 2.40. The Morgan fingerprint density at radius 1 is 0.941 bits per heavy atom. The van der Waals surface area contributed by atoms with Gasteiger partial charge in [0.2, 0.25) is 0 Å². The fourth-order valence-electron chi connectivity index (χ4n) is 3.56. The Kier molecular flexibility index (Phi) is 6.74. The summed E-state index contributed by atoms with van der Waals surface area (Å²) in [6.45, 7) is 0.211. The Labute approximate surface area is 198 Å². The molecule has 168 valence electrons. The van der Waals surface area contributed by atoms with Crippen molar-refractivity contribution in [1.29, 1.82) is 10.5 Å². The van der Waals surface area contributed by atoms with Gasteiger partial charge in [-0.2, -0.15) is 23.7 Å². The molecule has 0 aliphatic carbocycles. The van der Waals surface area contributed by atoms with Gasteiger partial charge in [-0.25, -0.2) is 0 Å². The fraction of sp³-hybridized carbons (Fsp3) is 0.115. The van der Waals surface area contributed by atoms with Crippen molar-refractivity contribution in [3.05, 3.63) is 111 Å². The van der Waals surface area contributed by atoms with Crippen LogP contribution in [0, 0.1) is 22.7 Å². The van der Waals surface area contributed by atoms with E-state index in [0.29, 0.717) is 11.1 Å². The van der Waals surface area contributed by atoms with Crippen molar-refractivity contribution >= 4 is 11.3 Å². The maximum absolute atomic E-state index is 13.7. The monoisotopic (exact) mass is 475 g/mol. The third-order valence-electron chi connectivity index (χ3n) is 5.20. The van der Waals surface area contributed by atoms with E-state index in [0.717, 1.165) is 16.5 Å². The van der Waals surface area contributed by atoms with Gasteiger partial charge in [0.05, 0.1) is 45.8 Å². The van der Waals surface area contributed by atoms with Gasteiger partial charge in [0.25, 0.3) is 0 Å². The lowest BCUT2D eigenvalue weighted by atomic mass is 9.92. The van der Waals surface area contributed by atoms with E-state index in [9.17, 15) is 18.4 Å². The molecule has 0 bridgehead atoms. The second kappa shape index (κ2) is 9.88. The maximum Gasteiger partial charge on any atom is 0.417 e. The summed E-state index contributed by atoms with van der Waals surface area (Å²) in [5.74, 6) is 0. The summed E-state index contributed by atoms with van der Waals surface area (Å²) in [5.41, 5.74) is 3.06. The molecular formula is C26H16F3N3OS. The van der Waals surface area contributed by atoms with E-state index in [1.54, 1.807) is 48.1 Å². The molecule has 0 saturated carbocycles. The van der Waals surface area contributed by atoms with Crippen LogP contribution in [0.3, 0.4) is 0 Å². The summed E-state index contributed by atoms with van der Waals surface area (Å²) >= 11 is 1.36. The van der Waals surface area contributed by atoms with Crippen molar-refractivity contribution in [3.63, 3.8) is 0 Å². The molecule has 8 heteroatoms. The number of hydrogen-bond donors (Lipinski definition) is 0. The van der Waals surface area contributed by atoms with Gasteiger partial charge in [0.1, 0.15) is 6.10 Å². The van der Waals surface area contributed by atoms with E-state index in [-0.39, 0.29) is 23.3 Å². The number of nitriles is 2. The highest BCUT2D eigenvalue weighted by Gasteiger charge is 2.34. The summed E-state index contributed by atoms with van der Waals surface area (Å²) in [6, 6.07) is 21.0. The first-order valence-corrected chi connectivity index (χ1v) is 11.0. The van der Waals surface area contributed by atoms with Crippen LogP contribution >= 0.6 is 11.3 Å². The molecule has 0 amide bonds. The highest BCUT2D eigenvalue weighted by molar-refractivity contribution is 7.09. The Morgan fingerprint density at radius 2 is 1.71 bits per heavy atom. The van der Waals surface area contributed by atoms with Crippen molar-refractivity contribution in [1.82, 2.24) is 4.98 Å². The molecule has 0 aliphatic rings. The second-order valence-corrected chi connectivity index (χ2v) is 8.28. The van der Waals surface area contributed by atoms with Gasteiger partial charge in [-0.15, -0.1) is 11.3 Å². The molecule has 1 heterocycles. The maximum atomic E-state index is 13.7. The van der Waals surface area contributed by atoms with E-state index in [1.165, 1.54) is 35.6 Å². The SMILES string of the molecule is N#Cc1ccc(COC(c2ccc(C#N)c(-c3ccccc3C(F)(F)F)c2)c2cncs2)cc1. The van der Waals surface area contributed by atoms with Gasteiger partial charge in [0, 0.05) is 11.8 Å². The van der Waals surface area contributed by atoms with Crippen LogP contribution in [0.15, 0.2) is 78.4 Å². The minimum absolute atomic E-state index is 0.0662. The number of ether oxygens (including phenoxy) is 1. The number of thiazole rings is 1. The molecule has 3 aromatic carbocycles. The molecule has 0 fully saturated rings. The van der Waals surface area contributed by atoms with E-state index in [4.69, 9.17) is 10.00 Å². The Morgan fingerprint density at radius 3 is 2.35 bits per heavy atom. The summed E-state index contributed by atoms with van der Waals surface area (Å²) in [4.78, 5) is 4.88. The summed E-state index contributed by atoms with van der Waals surface area (Å²) < 4.78 is 47.2. The zero-order valence-corrected chi connectivity index (χ0v) is 18.4. The van der Waals surface area contributed by atoms with Crippen molar-refractivity contribution in [2.75, 3.05) is 0 Å². The molecule has 0 N–H and O–H groups in total. The Hall–Kier alpha value is -3.98. The third kappa shape index (κ3) is 4.99. The summed E-state index contributed by atoms with van der Waals surface area (Å²) in [6.07, 6.45) is -3.52. The lowest BCUT2D eigenvalue weighted by Gasteiger charge is -2.20. The van der Waals surface area contributed by atoms with Crippen molar-refractivity contribution in [3.8, 4) is 23.3 Å². The smallest absolute Gasteiger partial charge is 0.363 e. The van der Waals surface area contributed by atoms with Gasteiger partial charge in [-0.3, -0.25) is 4.98 Å². The number of alkyl halides is 3. The lowest BCUT2D eigenvalue weighted by Crippen LogP contribution is -2.09. The topological polar surface area (TPSA) is 69.7 Å². The standard InChI is InChI=1S/C26H16F3N3OS/c27-26(28,29)23-4-2-1-3-21(23)22-11-19(9-10-20(22)13-31)25(24-14-32-16-34-24)33-15-18-7-5-17(12-30)6-8-18/h1-11,14,16,25H,15H2. The van der Waals surface area contributed by atoms with E-state index >= 15 is 0 Å². The van der Waals surface area contributed by atoms with Gasteiger partial charge in [-0.1, -0.05) is 36.4 Å². The van der Waals surface area contributed by atoms with Crippen LogP contribution in [0.4, 0.5) is 13.2 Å². The quantitative estimate of drug-likeness (QED) is 0.305. The molecule has 0 saturated heterocycles. The van der Waals surface area contributed by atoms with Crippen molar-refractivity contribution < 1.29 is 17.9 Å². The molecule has 4 nitrogen and oxygen atoms in total. The molecule has 1 unspecified atom stereocenters. The lowest BCUT2D eigenvalue weighted by molar-refractivity contribution is -0.137. The van der Waals surface area contributed by atoms with Gasteiger partial charge in [0.15, 0.2) is 0 Å². The molecule has 4 rings (SSSR count). The normalized spacial score (nSPS) is 12.0. The van der Waals surface area contributed by atoms with Gasteiger partial charge >= 0.3 is 6.18 Å². The molecule has 4 aromatic rings. The van der Waals surface area contributed by atoms with Crippen LogP contribution in [0.25, 0.3) is 11.1 Å². The average Bonchev–Trinajstić information content (AvgIpc) is 3.38. The Balaban J connectivity index is 1.75. The number of hydrogen-bond acceptors (Lipinski definition) is 5. The minimum Gasteiger partial charge on any atom is -0.363 e. The summed E-state index contributed by atoms with van der Waals surface area (Å²) in [5, 5.41) is 18.6. The van der Waals surface area contributed by atoms with Crippen LogP contribution in [0.2, 0.25) is 0 Å². The molecule has 1 aromatic heterocycles. The first kappa shape index (κ1) is 23.2. The molecule has 0 aliphatic heterocycles. The average molecular weight is 475 g/mol. The highest BCUT2D eigenvalue weighted by atomic mass is 32.1. The number of halogens is 3. The van der Waals surface area contributed by atoms with Gasteiger partial charge < -0.3 is 4.74 Å². The van der Waals surface area contributed by atoms with Crippen molar-refractivity contribution in [2.24, 2.45) is 0 Å². The molecule has 0 spiro atoms. The van der Waals surface area contributed by atoms with Crippen LogP contribution in [-0.4, -0.2) is 4.98 Å². The summed E-state index contributed by atoms with van der Waals surface area (Å²) in [7, 11) is 0. The van der Waals surface area contributed by atoms with Crippen LogP contribution in [0.1, 0.15) is 38.8 Å². The van der Waals surface area contributed by atoms with Gasteiger partial charge in [-0.05, 0) is 47.0 Å². The number of aromatic nitrogens is 1. The zero-order valence-electron chi connectivity index (χ0n) is 17.6. The van der Waals surface area contributed by atoms with E-state index < -0.39 is 17.8 Å². The second-order valence-electron chi connectivity index (χ2n) is 7.36. The van der Waals surface area contributed by atoms with E-state index in [2.05, 4.69) is 11.1 Å². The van der Waals surface area contributed by atoms with Crippen molar-refractivity contribution in [2.45, 2.75) is 18.9 Å². The third-order valence-corrected chi connectivity index (χ3v) is 6.02. The molecular weight excluding hydrogens is 459 g/mol. The van der Waals surface area contributed by atoms with E-state index in [1.807, 2.05) is 6.07 Å². The molecule has 0 radical (unpaired) electrons. The molecule has 34 heavy (non-hydrogen) atoms. The minimum atomic E-state index is -4.57. The fourth-order valence-corrected chi connectivity index (χ4v) is 4.26. The number of nitrogens with zero attached hydrogens (tertiary/aromatic N) is 3. The number of rotatable bonds is 6. The first-order chi connectivity index (χ1) is 16.4. The predicted molar refractivity (Wildman–Crippen MR) is 121 cm³/mol. The first-order valence-electron chi connectivity index (χ1n) is 10.1.